The van der Waals surface area contributed by atoms with Crippen molar-refractivity contribution in [3.05, 3.63) is 42.5 Å². The lowest BCUT2D eigenvalue weighted by atomic mass is 10.1. The molecule has 0 fully saturated rings. The van der Waals surface area contributed by atoms with Crippen LogP contribution in [-0.2, 0) is 6.54 Å². The van der Waals surface area contributed by atoms with Gasteiger partial charge in [-0.05, 0) is 51.3 Å². The number of nitrogens with one attached hydrogen (secondary N) is 1. The second-order valence-corrected chi connectivity index (χ2v) is 5.53. The predicted octanol–water partition coefficient (Wildman–Crippen LogP) is 3.92. The molecule has 0 radical (unpaired) electrons. The van der Waals surface area contributed by atoms with Gasteiger partial charge in [-0.1, -0.05) is 18.2 Å². The zero-order valence-corrected chi connectivity index (χ0v) is 11.8. The number of ether oxygens (including phenoxy) is 1. The van der Waals surface area contributed by atoms with Crippen LogP contribution in [0, 0.1) is 0 Å². The highest BCUT2D eigenvalue weighted by atomic mass is 16.5. The Kier molecular flexibility index (Phi) is 5.93. The van der Waals surface area contributed by atoms with Crippen molar-refractivity contribution in [1.82, 2.24) is 5.32 Å². The van der Waals surface area contributed by atoms with Gasteiger partial charge < -0.3 is 10.1 Å². The summed E-state index contributed by atoms with van der Waals surface area (Å²) in [6.07, 6.45) is 3.95. The highest BCUT2D eigenvalue weighted by Crippen LogP contribution is 2.13. The first-order valence-electron chi connectivity index (χ1n) is 6.59. The summed E-state index contributed by atoms with van der Waals surface area (Å²) in [5.74, 6) is 0.943. The lowest BCUT2D eigenvalue weighted by molar-refractivity contribution is 0.312. The van der Waals surface area contributed by atoms with E-state index in [1.165, 1.54) is 5.56 Å². The molecule has 0 bridgehead atoms. The van der Waals surface area contributed by atoms with Gasteiger partial charge >= 0.3 is 0 Å². The Balaban J connectivity index is 2.35. The van der Waals surface area contributed by atoms with Gasteiger partial charge in [0, 0.05) is 12.1 Å². The predicted molar refractivity (Wildman–Crippen MR) is 78.0 cm³/mol. The Labute approximate surface area is 111 Å². The van der Waals surface area contributed by atoms with Gasteiger partial charge in [0.15, 0.2) is 0 Å². The maximum absolute atomic E-state index is 5.64. The molecular weight excluding hydrogens is 222 g/mol. The maximum Gasteiger partial charge on any atom is 0.119 e. The van der Waals surface area contributed by atoms with Crippen molar-refractivity contribution < 1.29 is 4.74 Å². The van der Waals surface area contributed by atoms with E-state index in [1.807, 2.05) is 18.2 Å². The molecule has 18 heavy (non-hydrogen) atoms. The van der Waals surface area contributed by atoms with Crippen molar-refractivity contribution in [1.29, 1.82) is 0 Å². The Morgan fingerprint density at radius 3 is 2.44 bits per heavy atom. The van der Waals surface area contributed by atoms with E-state index in [0.29, 0.717) is 0 Å². The van der Waals surface area contributed by atoms with Gasteiger partial charge in [-0.25, -0.2) is 0 Å². The summed E-state index contributed by atoms with van der Waals surface area (Å²) in [7, 11) is 0. The summed E-state index contributed by atoms with van der Waals surface area (Å²) in [5, 5.41) is 3.47. The van der Waals surface area contributed by atoms with E-state index in [-0.39, 0.29) is 5.54 Å². The molecule has 1 rings (SSSR count). The zero-order valence-electron chi connectivity index (χ0n) is 11.8. The van der Waals surface area contributed by atoms with Crippen LogP contribution < -0.4 is 10.1 Å². The van der Waals surface area contributed by atoms with Gasteiger partial charge in [-0.3, -0.25) is 0 Å². The molecule has 2 heteroatoms. The van der Waals surface area contributed by atoms with Crippen molar-refractivity contribution in [2.75, 3.05) is 6.61 Å². The number of hydrogen-bond acceptors (Lipinski definition) is 2. The number of unbranched alkanes of at least 4 members (excludes halogenated alkanes) is 1. The first-order valence-corrected chi connectivity index (χ1v) is 6.59. The number of hydrogen-bond donors (Lipinski definition) is 1. The van der Waals surface area contributed by atoms with Crippen LogP contribution in [0.2, 0.25) is 0 Å². The molecule has 0 saturated heterocycles. The standard InChI is InChI=1S/C16H25NO/c1-5-6-7-12-18-15-10-8-14(9-11-15)13-17-16(2,3)4/h5,8-11,17H,1,6-7,12-13H2,2-4H3. The summed E-state index contributed by atoms with van der Waals surface area (Å²) in [5.41, 5.74) is 1.43. The van der Waals surface area contributed by atoms with Crippen LogP contribution in [0.5, 0.6) is 5.75 Å². The Hall–Kier alpha value is -1.28. The molecule has 1 N–H and O–H groups in total. The lowest BCUT2D eigenvalue weighted by Gasteiger charge is -2.20. The maximum atomic E-state index is 5.64. The molecule has 0 saturated carbocycles. The monoisotopic (exact) mass is 247 g/mol. The summed E-state index contributed by atoms with van der Waals surface area (Å²) >= 11 is 0. The first-order chi connectivity index (χ1) is 8.51. The molecule has 0 aliphatic heterocycles. The van der Waals surface area contributed by atoms with Crippen LogP contribution in [0.15, 0.2) is 36.9 Å². The summed E-state index contributed by atoms with van der Waals surface area (Å²) in [4.78, 5) is 0. The molecule has 0 atom stereocenters. The van der Waals surface area contributed by atoms with Crippen molar-refractivity contribution >= 4 is 0 Å². The average Bonchev–Trinajstić information content (AvgIpc) is 2.33. The summed E-state index contributed by atoms with van der Waals surface area (Å²) < 4.78 is 5.64. The molecule has 0 amide bonds. The lowest BCUT2D eigenvalue weighted by Crippen LogP contribution is -2.35. The number of allylic oxidation sites excluding steroid dienone is 1. The summed E-state index contributed by atoms with van der Waals surface area (Å²) in [6, 6.07) is 8.30. The van der Waals surface area contributed by atoms with E-state index in [2.05, 4.69) is 44.8 Å². The van der Waals surface area contributed by atoms with Crippen LogP contribution in [0.1, 0.15) is 39.2 Å². The normalized spacial score (nSPS) is 11.3. The van der Waals surface area contributed by atoms with E-state index in [4.69, 9.17) is 4.74 Å². The van der Waals surface area contributed by atoms with Crippen LogP contribution in [0.25, 0.3) is 0 Å². The third-order valence-corrected chi connectivity index (χ3v) is 2.57. The Morgan fingerprint density at radius 2 is 1.89 bits per heavy atom. The second kappa shape index (κ2) is 7.22. The van der Waals surface area contributed by atoms with Gasteiger partial charge in [0.25, 0.3) is 0 Å². The molecule has 0 unspecified atom stereocenters. The molecule has 0 spiro atoms. The van der Waals surface area contributed by atoms with Crippen molar-refractivity contribution in [3.63, 3.8) is 0 Å². The fraction of sp³-hybridized carbons (Fsp3) is 0.500. The van der Waals surface area contributed by atoms with Crippen LogP contribution in [0.4, 0.5) is 0 Å². The molecule has 0 heterocycles. The number of rotatable bonds is 7. The molecular formula is C16H25NO. The Bertz CT molecular complexity index is 348. The van der Waals surface area contributed by atoms with Crippen molar-refractivity contribution in [2.24, 2.45) is 0 Å². The highest BCUT2D eigenvalue weighted by molar-refractivity contribution is 5.27. The minimum absolute atomic E-state index is 0.153. The molecule has 1 aromatic rings. The molecule has 2 nitrogen and oxygen atoms in total. The minimum atomic E-state index is 0.153. The van der Waals surface area contributed by atoms with Gasteiger partial charge in [-0.15, -0.1) is 6.58 Å². The number of benzene rings is 1. The van der Waals surface area contributed by atoms with E-state index in [0.717, 1.165) is 31.7 Å². The van der Waals surface area contributed by atoms with E-state index in [9.17, 15) is 0 Å². The fourth-order valence-corrected chi connectivity index (χ4v) is 1.49. The van der Waals surface area contributed by atoms with Crippen molar-refractivity contribution in [2.45, 2.75) is 45.7 Å². The van der Waals surface area contributed by atoms with Gasteiger partial charge in [0.05, 0.1) is 6.61 Å². The van der Waals surface area contributed by atoms with Crippen LogP contribution >= 0.6 is 0 Å². The molecule has 0 aliphatic rings. The third-order valence-electron chi connectivity index (χ3n) is 2.57. The largest absolute Gasteiger partial charge is 0.494 e. The summed E-state index contributed by atoms with van der Waals surface area (Å²) in [6.45, 7) is 11.9. The Morgan fingerprint density at radius 1 is 1.22 bits per heavy atom. The quantitative estimate of drug-likeness (QED) is 0.582. The van der Waals surface area contributed by atoms with Gasteiger partial charge in [0.1, 0.15) is 5.75 Å². The first kappa shape index (κ1) is 14.8. The van der Waals surface area contributed by atoms with E-state index in [1.54, 1.807) is 0 Å². The van der Waals surface area contributed by atoms with Crippen molar-refractivity contribution in [3.8, 4) is 5.75 Å². The minimum Gasteiger partial charge on any atom is -0.494 e. The fourth-order valence-electron chi connectivity index (χ4n) is 1.49. The smallest absolute Gasteiger partial charge is 0.119 e. The SMILES string of the molecule is C=CCCCOc1ccc(CNC(C)(C)C)cc1. The van der Waals surface area contributed by atoms with Crippen LogP contribution in [-0.4, -0.2) is 12.1 Å². The molecule has 1 aromatic carbocycles. The average molecular weight is 247 g/mol. The van der Waals surface area contributed by atoms with Crippen LogP contribution in [0.3, 0.4) is 0 Å². The molecule has 0 aromatic heterocycles. The molecule has 100 valence electrons. The second-order valence-electron chi connectivity index (χ2n) is 5.53. The third kappa shape index (κ3) is 6.45. The zero-order chi connectivity index (χ0) is 13.4. The van der Waals surface area contributed by atoms with E-state index >= 15 is 0 Å². The van der Waals surface area contributed by atoms with Gasteiger partial charge in [0.2, 0.25) is 0 Å². The highest BCUT2D eigenvalue weighted by Gasteiger charge is 2.07. The molecule has 0 aliphatic carbocycles. The topological polar surface area (TPSA) is 21.3 Å². The van der Waals surface area contributed by atoms with E-state index < -0.39 is 0 Å². The van der Waals surface area contributed by atoms with Gasteiger partial charge in [-0.2, -0.15) is 0 Å².